The summed E-state index contributed by atoms with van der Waals surface area (Å²) in [7, 11) is 0. The lowest BCUT2D eigenvalue weighted by atomic mass is 10.1. The number of fused-ring (bicyclic) bond motifs is 1. The first-order chi connectivity index (χ1) is 12.2. The summed E-state index contributed by atoms with van der Waals surface area (Å²) >= 11 is 0. The number of rotatable bonds is 5. The minimum absolute atomic E-state index is 0.221. The number of amides is 1. The highest BCUT2D eigenvalue weighted by Gasteiger charge is 2.16. The maximum atomic E-state index is 12.4. The fourth-order valence-electron chi connectivity index (χ4n) is 2.58. The van der Waals surface area contributed by atoms with Crippen LogP contribution in [0.2, 0.25) is 0 Å². The second-order valence-electron chi connectivity index (χ2n) is 5.76. The molecule has 0 aliphatic rings. The van der Waals surface area contributed by atoms with Crippen molar-refractivity contribution in [2.24, 2.45) is 0 Å². The summed E-state index contributed by atoms with van der Waals surface area (Å²) in [6, 6.07) is 23.0. The number of hydrogen-bond acceptors (Lipinski definition) is 3. The van der Waals surface area contributed by atoms with E-state index in [1.165, 1.54) is 0 Å². The lowest BCUT2D eigenvalue weighted by molar-refractivity contribution is -0.122. The normalized spacial score (nSPS) is 11.5. The maximum Gasteiger partial charge on any atom is 0.265 e. The largest absolute Gasteiger partial charge is 0.480 e. The van der Waals surface area contributed by atoms with E-state index in [9.17, 15) is 4.79 Å². The molecule has 1 N–H and O–H groups in total. The Balaban J connectivity index is 1.69. The first kappa shape index (κ1) is 16.5. The van der Waals surface area contributed by atoms with Crippen LogP contribution in [0.25, 0.3) is 10.8 Å². The molecule has 0 fully saturated rings. The molecule has 1 amide bonds. The van der Waals surface area contributed by atoms with E-state index >= 15 is 0 Å². The van der Waals surface area contributed by atoms with Crippen LogP contribution in [-0.4, -0.2) is 12.0 Å². The topological polar surface area (TPSA) is 62.1 Å². The third-order valence-corrected chi connectivity index (χ3v) is 3.93. The van der Waals surface area contributed by atoms with Gasteiger partial charge in [0.1, 0.15) is 5.75 Å². The van der Waals surface area contributed by atoms with Crippen molar-refractivity contribution in [2.45, 2.75) is 19.4 Å². The molecule has 0 aromatic heterocycles. The third-order valence-electron chi connectivity index (χ3n) is 3.93. The van der Waals surface area contributed by atoms with Crippen LogP contribution in [0.4, 0.5) is 5.69 Å². The molecule has 0 bridgehead atoms. The van der Waals surface area contributed by atoms with Gasteiger partial charge >= 0.3 is 0 Å². The van der Waals surface area contributed by atoms with Crippen LogP contribution in [-0.2, 0) is 11.2 Å². The number of nitrogens with zero attached hydrogens (tertiary/aromatic N) is 1. The molecule has 4 nitrogen and oxygen atoms in total. The summed E-state index contributed by atoms with van der Waals surface area (Å²) in [5, 5.41) is 13.6. The lowest BCUT2D eigenvalue weighted by Crippen LogP contribution is -2.30. The average molecular weight is 330 g/mol. The number of anilines is 1. The van der Waals surface area contributed by atoms with Gasteiger partial charge in [0.05, 0.1) is 12.5 Å². The molecule has 25 heavy (non-hydrogen) atoms. The molecule has 3 aromatic rings. The highest BCUT2D eigenvalue weighted by Crippen LogP contribution is 2.26. The molecule has 0 saturated carbocycles. The number of hydrogen-bond donors (Lipinski definition) is 1. The van der Waals surface area contributed by atoms with Gasteiger partial charge in [0, 0.05) is 11.1 Å². The van der Waals surface area contributed by atoms with E-state index in [2.05, 4.69) is 11.4 Å². The van der Waals surface area contributed by atoms with Gasteiger partial charge in [-0.1, -0.05) is 48.5 Å². The maximum absolute atomic E-state index is 12.4. The van der Waals surface area contributed by atoms with E-state index in [1.54, 1.807) is 19.1 Å². The van der Waals surface area contributed by atoms with Gasteiger partial charge in [-0.3, -0.25) is 4.79 Å². The lowest BCUT2D eigenvalue weighted by Gasteiger charge is -2.16. The Morgan fingerprint density at radius 3 is 2.56 bits per heavy atom. The number of nitrogens with one attached hydrogen (secondary N) is 1. The zero-order valence-electron chi connectivity index (χ0n) is 13.9. The summed E-state index contributed by atoms with van der Waals surface area (Å²) in [5.74, 6) is 0.464. The van der Waals surface area contributed by atoms with Crippen molar-refractivity contribution >= 4 is 22.4 Å². The van der Waals surface area contributed by atoms with Crippen molar-refractivity contribution in [1.82, 2.24) is 0 Å². The number of ether oxygens (including phenoxy) is 1. The SMILES string of the molecule is CC(Oc1cccc2ccccc12)C(=O)Nc1ccc(CC#N)cc1. The smallest absolute Gasteiger partial charge is 0.265 e. The van der Waals surface area contributed by atoms with E-state index in [4.69, 9.17) is 10.00 Å². The predicted molar refractivity (Wildman–Crippen MR) is 98.4 cm³/mol. The molecule has 3 rings (SSSR count). The molecule has 4 heteroatoms. The molecule has 124 valence electrons. The molecule has 0 saturated heterocycles. The highest BCUT2D eigenvalue weighted by atomic mass is 16.5. The third kappa shape index (κ3) is 3.96. The number of carbonyl (C=O) groups excluding carboxylic acids is 1. The monoisotopic (exact) mass is 330 g/mol. The number of benzene rings is 3. The Morgan fingerprint density at radius 2 is 1.80 bits per heavy atom. The Hall–Kier alpha value is -3.32. The molecule has 0 heterocycles. The summed E-state index contributed by atoms with van der Waals surface area (Å²) < 4.78 is 5.87. The van der Waals surface area contributed by atoms with Gasteiger partial charge in [0.2, 0.25) is 0 Å². The Morgan fingerprint density at radius 1 is 1.08 bits per heavy atom. The quantitative estimate of drug-likeness (QED) is 0.758. The molecular formula is C21H18N2O2. The first-order valence-corrected chi connectivity index (χ1v) is 8.08. The molecular weight excluding hydrogens is 312 g/mol. The summed E-state index contributed by atoms with van der Waals surface area (Å²) in [6.45, 7) is 1.72. The molecule has 0 aliphatic heterocycles. The fourth-order valence-corrected chi connectivity index (χ4v) is 2.58. The van der Waals surface area contributed by atoms with Crippen LogP contribution in [0.3, 0.4) is 0 Å². The van der Waals surface area contributed by atoms with E-state index in [-0.39, 0.29) is 5.91 Å². The minimum atomic E-state index is -0.635. The van der Waals surface area contributed by atoms with Crippen LogP contribution < -0.4 is 10.1 Å². The zero-order valence-corrected chi connectivity index (χ0v) is 13.9. The van der Waals surface area contributed by atoms with E-state index in [0.29, 0.717) is 17.9 Å². The van der Waals surface area contributed by atoms with Crippen LogP contribution in [0, 0.1) is 11.3 Å². The molecule has 1 atom stereocenters. The van der Waals surface area contributed by atoms with Crippen molar-refractivity contribution in [3.05, 3.63) is 72.3 Å². The zero-order chi connectivity index (χ0) is 17.6. The second kappa shape index (κ2) is 7.50. The van der Waals surface area contributed by atoms with Gasteiger partial charge in [-0.15, -0.1) is 0 Å². The Kier molecular flexibility index (Phi) is 4.96. The van der Waals surface area contributed by atoms with Gasteiger partial charge in [0.25, 0.3) is 5.91 Å². The van der Waals surface area contributed by atoms with Crippen molar-refractivity contribution in [3.63, 3.8) is 0 Å². The van der Waals surface area contributed by atoms with E-state index in [0.717, 1.165) is 16.3 Å². The molecule has 3 aromatic carbocycles. The summed E-state index contributed by atoms with van der Waals surface area (Å²) in [4.78, 5) is 12.4. The number of carbonyl (C=O) groups is 1. The van der Waals surface area contributed by atoms with Gasteiger partial charge in [0.15, 0.2) is 6.10 Å². The molecule has 1 unspecified atom stereocenters. The van der Waals surface area contributed by atoms with Gasteiger partial charge in [-0.05, 0) is 36.1 Å². The van der Waals surface area contributed by atoms with Crippen molar-refractivity contribution < 1.29 is 9.53 Å². The minimum Gasteiger partial charge on any atom is -0.480 e. The number of nitriles is 1. The van der Waals surface area contributed by atoms with Gasteiger partial charge in [-0.25, -0.2) is 0 Å². The summed E-state index contributed by atoms with van der Waals surface area (Å²) in [6.07, 6.45) is -0.279. The van der Waals surface area contributed by atoms with Crippen LogP contribution in [0.15, 0.2) is 66.7 Å². The molecule has 0 aliphatic carbocycles. The van der Waals surface area contributed by atoms with E-state index < -0.39 is 6.10 Å². The second-order valence-corrected chi connectivity index (χ2v) is 5.76. The van der Waals surface area contributed by atoms with Crippen LogP contribution >= 0.6 is 0 Å². The van der Waals surface area contributed by atoms with Gasteiger partial charge < -0.3 is 10.1 Å². The molecule has 0 radical (unpaired) electrons. The molecule has 0 spiro atoms. The Labute approximate surface area is 146 Å². The van der Waals surface area contributed by atoms with Gasteiger partial charge in [-0.2, -0.15) is 5.26 Å². The van der Waals surface area contributed by atoms with Crippen molar-refractivity contribution in [2.75, 3.05) is 5.32 Å². The Bertz CT molecular complexity index is 921. The fraction of sp³-hybridized carbons (Fsp3) is 0.143. The van der Waals surface area contributed by atoms with E-state index in [1.807, 2.05) is 54.6 Å². The van der Waals surface area contributed by atoms with Crippen LogP contribution in [0.5, 0.6) is 5.75 Å². The van der Waals surface area contributed by atoms with Crippen molar-refractivity contribution in [1.29, 1.82) is 5.26 Å². The first-order valence-electron chi connectivity index (χ1n) is 8.08. The average Bonchev–Trinajstić information content (AvgIpc) is 2.64. The highest BCUT2D eigenvalue weighted by molar-refractivity contribution is 5.95. The van der Waals surface area contributed by atoms with Crippen LogP contribution in [0.1, 0.15) is 12.5 Å². The van der Waals surface area contributed by atoms with Crippen molar-refractivity contribution in [3.8, 4) is 11.8 Å². The predicted octanol–water partition coefficient (Wildman–Crippen LogP) is 4.31. The summed E-state index contributed by atoms with van der Waals surface area (Å²) in [5.41, 5.74) is 1.60. The standard InChI is InChI=1S/C21H18N2O2/c1-15(21(24)23-18-11-9-16(10-12-18)13-14-22)25-20-8-4-6-17-5-2-3-7-19(17)20/h2-12,15H,13H2,1H3,(H,23,24).